The lowest BCUT2D eigenvalue weighted by atomic mass is 9.98. The minimum absolute atomic E-state index is 0.212. The van der Waals surface area contributed by atoms with Crippen molar-refractivity contribution in [3.63, 3.8) is 0 Å². The lowest BCUT2D eigenvalue weighted by molar-refractivity contribution is -0.0498. The number of benzene rings is 1. The highest BCUT2D eigenvalue weighted by atomic mass is 19.3. The molecule has 3 unspecified atom stereocenters. The molecular formula is C15H20F2N2O. The normalized spacial score (nSPS) is 29.9. The quantitative estimate of drug-likeness (QED) is 0.922. The van der Waals surface area contributed by atoms with Gasteiger partial charge in [-0.05, 0) is 42.4 Å². The number of ether oxygens (including phenoxy) is 1. The van der Waals surface area contributed by atoms with Gasteiger partial charge in [0.15, 0.2) is 0 Å². The van der Waals surface area contributed by atoms with E-state index in [1.54, 1.807) is 12.1 Å². The maximum atomic E-state index is 12.1. The van der Waals surface area contributed by atoms with Crippen LogP contribution in [0.25, 0.3) is 0 Å². The summed E-state index contributed by atoms with van der Waals surface area (Å²) in [5.41, 5.74) is 7.25. The molecule has 2 aliphatic rings. The standard InChI is InChI=1S/C15H20F2N2O/c16-15(17)20-12-4-1-10(2-5-12)7-19-8-11-3-6-14(18)13(11)9-19/h1-2,4-5,11,13-15H,3,6-9,18H2. The molecule has 3 atom stereocenters. The highest BCUT2D eigenvalue weighted by Crippen LogP contribution is 2.37. The molecule has 1 aromatic rings. The third-order valence-corrected chi connectivity index (χ3v) is 4.54. The topological polar surface area (TPSA) is 38.5 Å². The summed E-state index contributed by atoms with van der Waals surface area (Å²) in [6.45, 7) is 0.254. The molecule has 0 radical (unpaired) electrons. The molecule has 20 heavy (non-hydrogen) atoms. The molecule has 0 amide bonds. The van der Waals surface area contributed by atoms with E-state index < -0.39 is 6.61 Å². The van der Waals surface area contributed by atoms with E-state index >= 15 is 0 Å². The molecule has 0 bridgehead atoms. The molecule has 0 spiro atoms. The van der Waals surface area contributed by atoms with E-state index in [0.717, 1.165) is 37.5 Å². The Bertz CT molecular complexity index is 452. The first-order valence-electron chi connectivity index (χ1n) is 7.13. The van der Waals surface area contributed by atoms with Crippen LogP contribution in [0.3, 0.4) is 0 Å². The fourth-order valence-electron chi connectivity index (χ4n) is 3.56. The van der Waals surface area contributed by atoms with Crippen LogP contribution in [0.2, 0.25) is 0 Å². The maximum Gasteiger partial charge on any atom is 0.387 e. The van der Waals surface area contributed by atoms with Gasteiger partial charge in [-0.15, -0.1) is 0 Å². The predicted molar refractivity (Wildman–Crippen MR) is 72.5 cm³/mol. The van der Waals surface area contributed by atoms with Crippen LogP contribution in [0.15, 0.2) is 24.3 Å². The number of nitrogens with zero attached hydrogens (tertiary/aromatic N) is 1. The van der Waals surface area contributed by atoms with Gasteiger partial charge in [0.1, 0.15) is 5.75 Å². The van der Waals surface area contributed by atoms with Gasteiger partial charge in [-0.2, -0.15) is 8.78 Å². The zero-order chi connectivity index (χ0) is 14.1. The minimum atomic E-state index is -2.76. The van der Waals surface area contributed by atoms with Crippen molar-refractivity contribution in [3.05, 3.63) is 29.8 Å². The number of nitrogens with two attached hydrogens (primary N) is 1. The Kier molecular flexibility index (Phi) is 3.89. The van der Waals surface area contributed by atoms with Crippen molar-refractivity contribution in [3.8, 4) is 5.75 Å². The van der Waals surface area contributed by atoms with Crippen molar-refractivity contribution in [1.29, 1.82) is 0 Å². The first-order chi connectivity index (χ1) is 9.61. The summed E-state index contributed by atoms with van der Waals surface area (Å²) in [6.07, 6.45) is 2.40. The van der Waals surface area contributed by atoms with Crippen molar-refractivity contribution < 1.29 is 13.5 Å². The molecule has 1 saturated heterocycles. The van der Waals surface area contributed by atoms with Gasteiger partial charge >= 0.3 is 6.61 Å². The number of hydrogen-bond donors (Lipinski definition) is 1. The number of likely N-dealkylation sites (tertiary alicyclic amines) is 1. The van der Waals surface area contributed by atoms with E-state index in [-0.39, 0.29) is 5.75 Å². The molecular weight excluding hydrogens is 262 g/mol. The Balaban J connectivity index is 1.56. The predicted octanol–water partition coefficient (Wildman–Crippen LogP) is 2.46. The minimum Gasteiger partial charge on any atom is -0.435 e. The van der Waals surface area contributed by atoms with Crippen molar-refractivity contribution in [1.82, 2.24) is 4.90 Å². The van der Waals surface area contributed by atoms with Gasteiger partial charge in [0.25, 0.3) is 0 Å². The van der Waals surface area contributed by atoms with E-state index in [9.17, 15) is 8.78 Å². The molecule has 1 saturated carbocycles. The fraction of sp³-hybridized carbons (Fsp3) is 0.600. The molecule has 110 valence electrons. The Morgan fingerprint density at radius 1 is 1.20 bits per heavy atom. The number of halogens is 2. The van der Waals surface area contributed by atoms with Crippen LogP contribution < -0.4 is 10.5 Å². The van der Waals surface area contributed by atoms with Crippen LogP contribution >= 0.6 is 0 Å². The van der Waals surface area contributed by atoms with E-state index in [4.69, 9.17) is 5.73 Å². The molecule has 1 heterocycles. The Hall–Kier alpha value is -1.20. The highest BCUT2D eigenvalue weighted by Gasteiger charge is 2.40. The molecule has 5 heteroatoms. The molecule has 3 rings (SSSR count). The lowest BCUT2D eigenvalue weighted by Crippen LogP contribution is -2.30. The molecule has 2 N–H and O–H groups in total. The summed E-state index contributed by atoms with van der Waals surface area (Å²) in [5, 5.41) is 0. The molecule has 3 nitrogen and oxygen atoms in total. The molecule has 0 aromatic heterocycles. The van der Waals surface area contributed by atoms with Crippen molar-refractivity contribution in [2.24, 2.45) is 17.6 Å². The van der Waals surface area contributed by atoms with E-state index in [1.807, 2.05) is 12.1 Å². The zero-order valence-corrected chi connectivity index (χ0v) is 11.3. The average Bonchev–Trinajstić information content (AvgIpc) is 2.94. The first kappa shape index (κ1) is 13.8. The third-order valence-electron chi connectivity index (χ3n) is 4.54. The summed E-state index contributed by atoms with van der Waals surface area (Å²) in [7, 11) is 0. The van der Waals surface area contributed by atoms with Gasteiger partial charge in [0.2, 0.25) is 0 Å². The van der Waals surface area contributed by atoms with E-state index in [0.29, 0.717) is 12.0 Å². The first-order valence-corrected chi connectivity index (χ1v) is 7.13. The van der Waals surface area contributed by atoms with Gasteiger partial charge < -0.3 is 10.5 Å². The summed E-state index contributed by atoms with van der Waals surface area (Å²) in [6, 6.07) is 7.26. The lowest BCUT2D eigenvalue weighted by Gasteiger charge is -2.18. The van der Waals surface area contributed by atoms with Crippen molar-refractivity contribution in [2.75, 3.05) is 13.1 Å². The molecule has 1 aromatic carbocycles. The third kappa shape index (κ3) is 2.94. The largest absolute Gasteiger partial charge is 0.435 e. The number of alkyl halides is 2. The summed E-state index contributed by atoms with van der Waals surface area (Å²) in [4.78, 5) is 2.41. The second-order valence-corrected chi connectivity index (χ2v) is 5.88. The zero-order valence-electron chi connectivity index (χ0n) is 11.3. The molecule has 2 fully saturated rings. The fourth-order valence-corrected chi connectivity index (χ4v) is 3.56. The summed E-state index contributed by atoms with van der Waals surface area (Å²) in [5.74, 6) is 1.59. The molecule has 1 aliphatic carbocycles. The van der Waals surface area contributed by atoms with Crippen molar-refractivity contribution >= 4 is 0 Å². The maximum absolute atomic E-state index is 12.1. The summed E-state index contributed by atoms with van der Waals surface area (Å²) >= 11 is 0. The number of fused-ring (bicyclic) bond motifs is 1. The van der Waals surface area contributed by atoms with Crippen LogP contribution in [0.1, 0.15) is 18.4 Å². The van der Waals surface area contributed by atoms with Crippen LogP contribution in [-0.4, -0.2) is 30.6 Å². The smallest absolute Gasteiger partial charge is 0.387 e. The highest BCUT2D eigenvalue weighted by molar-refractivity contribution is 5.27. The average molecular weight is 282 g/mol. The number of hydrogen-bond acceptors (Lipinski definition) is 3. The van der Waals surface area contributed by atoms with Crippen molar-refractivity contribution in [2.45, 2.75) is 32.0 Å². The van der Waals surface area contributed by atoms with Crippen LogP contribution in [0.5, 0.6) is 5.75 Å². The number of rotatable bonds is 4. The van der Waals surface area contributed by atoms with Crippen LogP contribution in [-0.2, 0) is 6.54 Å². The van der Waals surface area contributed by atoms with E-state index in [1.165, 1.54) is 6.42 Å². The van der Waals surface area contributed by atoms with E-state index in [2.05, 4.69) is 9.64 Å². The molecule has 1 aliphatic heterocycles. The summed E-state index contributed by atoms with van der Waals surface area (Å²) < 4.78 is 28.5. The van der Waals surface area contributed by atoms with Gasteiger partial charge in [-0.1, -0.05) is 12.1 Å². The second kappa shape index (κ2) is 5.66. The van der Waals surface area contributed by atoms with Crippen LogP contribution in [0, 0.1) is 11.8 Å². The second-order valence-electron chi connectivity index (χ2n) is 5.88. The van der Waals surface area contributed by atoms with Gasteiger partial charge in [0.05, 0.1) is 0 Å². The van der Waals surface area contributed by atoms with Crippen LogP contribution in [0.4, 0.5) is 8.78 Å². The Morgan fingerprint density at radius 2 is 1.95 bits per heavy atom. The SMILES string of the molecule is NC1CCC2CN(Cc3ccc(OC(F)F)cc3)CC12. The monoisotopic (exact) mass is 282 g/mol. The Morgan fingerprint density at radius 3 is 2.60 bits per heavy atom. The van der Waals surface area contributed by atoms with Gasteiger partial charge in [-0.3, -0.25) is 4.90 Å². The Labute approximate surface area is 117 Å². The van der Waals surface area contributed by atoms with Gasteiger partial charge in [-0.25, -0.2) is 0 Å². The van der Waals surface area contributed by atoms with Gasteiger partial charge in [0, 0.05) is 25.7 Å².